The summed E-state index contributed by atoms with van der Waals surface area (Å²) >= 11 is 21.6. The number of carbonyl (C=O) groups is 6. The molecule has 6 aromatic rings. The second kappa shape index (κ2) is 60.8. The van der Waals surface area contributed by atoms with Crippen molar-refractivity contribution in [1.82, 2.24) is 0 Å². The SMILES string of the molecule is CCCCCCCCCCCCSC1=C(SCCCCCCCCCCCC)SC(=C2SC=C(C(=O)Oc3ccc(C(=O)Oc4ccc(C(=O)Oc5ccc(-c6cccc(OC(=O)c7ccc(OC(=O)c8ccc(OC(=O)C9=CSC(=C%10SC(SCCCCCCCCCCCC)=C(SCCCCCCCCCCCC)S%10)S9)cc8)cc7)c6)cc5)cc4)cc3)S2)S1. The Morgan fingerprint density at radius 2 is 0.460 bits per heavy atom. The van der Waals surface area contributed by atoms with Crippen LogP contribution in [0.15, 0.2) is 200 Å². The number of thioether (sulfide) groups is 12. The van der Waals surface area contributed by atoms with Gasteiger partial charge in [-0.25, -0.2) is 28.8 Å². The molecule has 0 radical (unpaired) electrons. The van der Waals surface area contributed by atoms with Crippen LogP contribution in [0, 0.1) is 0 Å². The number of carbonyl (C=O) groups excluding carboxylic acids is 6. The molecule has 678 valence electrons. The Morgan fingerprint density at radius 3 is 0.722 bits per heavy atom. The highest BCUT2D eigenvalue weighted by atomic mass is 32.3. The molecule has 12 nitrogen and oxygen atoms in total. The molecular formula is C102H126O12S12. The summed E-state index contributed by atoms with van der Waals surface area (Å²) in [5.41, 5.74) is 2.47. The zero-order chi connectivity index (χ0) is 88.4. The van der Waals surface area contributed by atoms with Crippen molar-refractivity contribution < 1.29 is 57.2 Å². The summed E-state index contributed by atoms with van der Waals surface area (Å²) in [5, 5.41) is 3.76. The highest BCUT2D eigenvalue weighted by Crippen LogP contribution is 2.64. The van der Waals surface area contributed by atoms with Crippen molar-refractivity contribution in [2.24, 2.45) is 0 Å². The molecule has 0 saturated carbocycles. The molecule has 0 unspecified atom stereocenters. The van der Waals surface area contributed by atoms with E-state index >= 15 is 0 Å². The monoisotopic (exact) mass is 1930 g/mol. The Kier molecular flexibility index (Phi) is 49.6. The first-order valence-corrected chi connectivity index (χ1v) is 56.7. The Labute approximate surface area is 802 Å². The number of esters is 6. The van der Waals surface area contributed by atoms with Gasteiger partial charge in [0.05, 0.1) is 56.2 Å². The van der Waals surface area contributed by atoms with Crippen LogP contribution in [0.2, 0.25) is 0 Å². The van der Waals surface area contributed by atoms with Gasteiger partial charge in [-0.2, -0.15) is 0 Å². The average molecular weight is 1930 g/mol. The maximum atomic E-state index is 13.6. The lowest BCUT2D eigenvalue weighted by atomic mass is 10.1. The van der Waals surface area contributed by atoms with Crippen LogP contribution in [0.25, 0.3) is 11.1 Å². The molecule has 126 heavy (non-hydrogen) atoms. The molecule has 4 heterocycles. The Bertz CT molecular complexity index is 4500. The van der Waals surface area contributed by atoms with Gasteiger partial charge in [0.15, 0.2) is 0 Å². The van der Waals surface area contributed by atoms with E-state index in [0.717, 1.165) is 42.6 Å². The third-order valence-corrected chi connectivity index (χ3v) is 38.5. The van der Waals surface area contributed by atoms with Gasteiger partial charge in [-0.05, 0) is 192 Å². The van der Waals surface area contributed by atoms with E-state index in [4.69, 9.17) is 28.4 Å². The third kappa shape index (κ3) is 37.8. The minimum atomic E-state index is -0.627. The first-order valence-electron chi connectivity index (χ1n) is 46.1. The van der Waals surface area contributed by atoms with Gasteiger partial charge in [-0.1, -0.05) is 377 Å². The van der Waals surface area contributed by atoms with Gasteiger partial charge in [0.2, 0.25) is 0 Å². The van der Waals surface area contributed by atoms with E-state index in [2.05, 4.69) is 27.7 Å². The van der Waals surface area contributed by atoms with Crippen LogP contribution in [0.1, 0.15) is 326 Å². The second-order valence-corrected chi connectivity index (χ2v) is 46.2. The number of rotatable bonds is 61. The van der Waals surface area contributed by atoms with Crippen molar-refractivity contribution >= 4 is 177 Å². The quantitative estimate of drug-likeness (QED) is 0.0201. The molecule has 24 heteroatoms. The fourth-order valence-corrected chi connectivity index (χ4v) is 30.9. The zero-order valence-electron chi connectivity index (χ0n) is 73.9. The highest BCUT2D eigenvalue weighted by molar-refractivity contribution is 8.43. The molecule has 10 rings (SSSR count). The molecule has 0 atom stereocenters. The fourth-order valence-electron chi connectivity index (χ4n) is 14.0. The molecule has 0 fully saturated rings. The summed E-state index contributed by atoms with van der Waals surface area (Å²) in [6.45, 7) is 9.10. The van der Waals surface area contributed by atoms with E-state index in [1.807, 2.05) is 111 Å². The predicted octanol–water partition coefficient (Wildman–Crippen LogP) is 34.8. The van der Waals surface area contributed by atoms with Crippen LogP contribution in [-0.2, 0) is 9.59 Å². The summed E-state index contributed by atoms with van der Waals surface area (Å²) in [6, 6.07) is 38.5. The Hall–Kier alpha value is -5.22. The van der Waals surface area contributed by atoms with Crippen LogP contribution in [0.4, 0.5) is 0 Å². The number of benzene rings is 6. The molecule has 4 aliphatic heterocycles. The molecule has 0 N–H and O–H groups in total. The van der Waals surface area contributed by atoms with Crippen LogP contribution in [0.3, 0.4) is 0 Å². The lowest BCUT2D eigenvalue weighted by molar-refractivity contribution is -0.130. The van der Waals surface area contributed by atoms with Crippen LogP contribution in [0.5, 0.6) is 34.5 Å². The summed E-state index contributed by atoms with van der Waals surface area (Å²) in [5.74, 6) is 2.74. The topological polar surface area (TPSA) is 158 Å². The molecule has 4 aliphatic rings. The van der Waals surface area contributed by atoms with Crippen molar-refractivity contribution in [3.8, 4) is 45.6 Å². The summed E-state index contributed by atoms with van der Waals surface area (Å²) in [6.07, 6.45) is 53.2. The molecular weight excluding hydrogens is 1800 g/mol. The van der Waals surface area contributed by atoms with E-state index in [1.54, 1.807) is 115 Å². The van der Waals surface area contributed by atoms with Crippen molar-refractivity contribution in [2.45, 2.75) is 285 Å². The van der Waals surface area contributed by atoms with E-state index in [9.17, 15) is 28.8 Å². The lowest BCUT2D eigenvalue weighted by Crippen LogP contribution is -2.11. The normalized spacial score (nSPS) is 13.9. The number of ether oxygens (including phenoxy) is 6. The third-order valence-electron chi connectivity index (χ3n) is 21.3. The van der Waals surface area contributed by atoms with Gasteiger partial charge in [0.25, 0.3) is 0 Å². The van der Waals surface area contributed by atoms with Gasteiger partial charge in [-0.15, -0.1) is 47.0 Å². The van der Waals surface area contributed by atoms with Crippen LogP contribution >= 0.6 is 141 Å². The summed E-state index contributed by atoms with van der Waals surface area (Å²) in [4.78, 5) is 81.6. The number of hydrogen-bond donors (Lipinski definition) is 0. The van der Waals surface area contributed by atoms with Gasteiger partial charge in [0, 0.05) is 0 Å². The van der Waals surface area contributed by atoms with Gasteiger partial charge in [-0.3, -0.25) is 0 Å². The minimum Gasteiger partial charge on any atom is -0.423 e. The first-order chi connectivity index (χ1) is 61.8. The first kappa shape index (κ1) is 103. The largest absolute Gasteiger partial charge is 0.423 e. The van der Waals surface area contributed by atoms with Gasteiger partial charge >= 0.3 is 35.8 Å². The maximum Gasteiger partial charge on any atom is 0.350 e. The smallest absolute Gasteiger partial charge is 0.350 e. The fraction of sp³-hybridized carbons (Fsp3) is 0.471. The summed E-state index contributed by atoms with van der Waals surface area (Å²) < 4.78 is 44.7. The van der Waals surface area contributed by atoms with E-state index in [-0.39, 0.29) is 33.8 Å². The lowest BCUT2D eigenvalue weighted by Gasteiger charge is -2.09. The summed E-state index contributed by atoms with van der Waals surface area (Å²) in [7, 11) is 0. The van der Waals surface area contributed by atoms with Gasteiger partial charge < -0.3 is 28.4 Å². The Morgan fingerprint density at radius 1 is 0.230 bits per heavy atom. The standard InChI is InChI=1S/C102H126O12S12/c1-5-9-13-17-21-25-29-33-37-41-68-115-95-96(116-69-42-38-34-30-26-22-18-14-10-6-2)124-101(123-95)99-119-73-87(121-99)93(107)112-84-64-54-77(55-65-84)90(104)110-82-60-50-76(51-61-82)89(103)109-81-58-48-75(49-59-81)80-46-45-47-86(72-80)114-92(106)79-52-62-83(63-53-79)111-91(105)78-56-66-85(67-57-78)113-94(108)88-74-120-100(122-88)102-125-97(117-70-43-39-35-31-27-23-19-15-11-7-3)98(126-102)118-71-44-40-36-32-28-24-20-16-12-8-4/h45-67,72-74H,5-44,68-71H2,1-4H3. The zero-order valence-corrected chi connectivity index (χ0v) is 83.7. The van der Waals surface area contributed by atoms with Crippen molar-refractivity contribution in [3.63, 3.8) is 0 Å². The minimum absolute atomic E-state index is 0.217. The van der Waals surface area contributed by atoms with Crippen LogP contribution < -0.4 is 28.4 Å². The molecule has 0 aromatic heterocycles. The van der Waals surface area contributed by atoms with E-state index < -0.39 is 35.8 Å². The van der Waals surface area contributed by atoms with Gasteiger partial charge in [0.1, 0.15) is 44.3 Å². The Balaban J connectivity index is 0.613. The maximum absolute atomic E-state index is 13.6. The number of unbranched alkanes of at least 4 members (excludes halogenated alkanes) is 36. The second-order valence-electron chi connectivity index (χ2n) is 31.7. The molecule has 0 spiro atoms. The number of hydrogen-bond acceptors (Lipinski definition) is 24. The molecule has 0 amide bonds. The molecule has 6 aromatic carbocycles. The predicted molar refractivity (Wildman–Crippen MR) is 551 cm³/mol. The average Bonchev–Trinajstić information content (AvgIpc) is 1.64. The van der Waals surface area contributed by atoms with Crippen LogP contribution in [-0.4, -0.2) is 58.8 Å². The molecule has 0 aliphatic carbocycles. The molecule has 0 bridgehead atoms. The van der Waals surface area contributed by atoms with Crippen molar-refractivity contribution in [2.75, 3.05) is 23.0 Å². The van der Waals surface area contributed by atoms with E-state index in [1.165, 1.54) is 354 Å². The highest BCUT2D eigenvalue weighted by Gasteiger charge is 2.33. The molecule has 0 saturated heterocycles. The van der Waals surface area contributed by atoms with Crippen molar-refractivity contribution in [3.05, 3.63) is 222 Å². The van der Waals surface area contributed by atoms with E-state index in [0.29, 0.717) is 32.8 Å². The van der Waals surface area contributed by atoms with Crippen molar-refractivity contribution in [1.29, 1.82) is 0 Å².